The minimum atomic E-state index is -3.78. The molecule has 2 rings (SSSR count). The van der Waals surface area contributed by atoms with E-state index in [0.29, 0.717) is 4.90 Å². The molecule has 2 N–H and O–H groups in total. The summed E-state index contributed by atoms with van der Waals surface area (Å²) < 4.78 is 40.0. The van der Waals surface area contributed by atoms with E-state index in [1.165, 1.54) is 13.0 Å². The van der Waals surface area contributed by atoms with Gasteiger partial charge in [-0.1, -0.05) is 32.4 Å². The molecule has 1 atom stereocenters. The summed E-state index contributed by atoms with van der Waals surface area (Å²) in [6, 6.07) is 2.23. The van der Waals surface area contributed by atoms with Crippen molar-refractivity contribution in [3.63, 3.8) is 0 Å². The predicted octanol–water partition coefficient (Wildman–Crippen LogP) is 3.71. The van der Waals surface area contributed by atoms with Crippen LogP contribution >= 0.6 is 11.6 Å². The SMILES string of the molecule is CC(O)Cc1c(Cl)ncnc1N(C(=O)O)c1ccc(S(C)(=O)=O)c(C(C)(C)C)c1F. The second kappa shape index (κ2) is 8.44. The van der Waals surface area contributed by atoms with Crippen LogP contribution in [0.5, 0.6) is 0 Å². The molecule has 0 saturated heterocycles. The number of nitrogens with zero attached hydrogens (tertiary/aromatic N) is 3. The Labute approximate surface area is 179 Å². The first-order valence-electron chi connectivity index (χ1n) is 8.89. The summed E-state index contributed by atoms with van der Waals surface area (Å²) in [5, 5.41) is 19.5. The van der Waals surface area contributed by atoms with E-state index in [1.807, 2.05) is 0 Å². The lowest BCUT2D eigenvalue weighted by atomic mass is 9.86. The summed E-state index contributed by atoms with van der Waals surface area (Å²) in [4.78, 5) is 20.2. The number of aliphatic hydroxyl groups is 1. The zero-order valence-electron chi connectivity index (χ0n) is 17.1. The monoisotopic (exact) mass is 459 g/mol. The van der Waals surface area contributed by atoms with Gasteiger partial charge in [-0.05, 0) is 24.5 Å². The molecular formula is C19H23ClFN3O5S. The van der Waals surface area contributed by atoms with Crippen molar-refractivity contribution in [2.75, 3.05) is 11.2 Å². The number of aliphatic hydroxyl groups excluding tert-OH is 1. The number of amides is 1. The molecule has 1 heterocycles. The van der Waals surface area contributed by atoms with E-state index < -0.39 is 39.0 Å². The molecular weight excluding hydrogens is 437 g/mol. The van der Waals surface area contributed by atoms with Crippen LogP contribution in [0.25, 0.3) is 0 Å². The molecule has 0 fully saturated rings. The van der Waals surface area contributed by atoms with Gasteiger partial charge in [-0.25, -0.2) is 32.5 Å². The molecule has 8 nitrogen and oxygen atoms in total. The first-order valence-corrected chi connectivity index (χ1v) is 11.2. The highest BCUT2D eigenvalue weighted by Crippen LogP contribution is 2.39. The highest BCUT2D eigenvalue weighted by molar-refractivity contribution is 7.90. The zero-order valence-corrected chi connectivity index (χ0v) is 18.7. The van der Waals surface area contributed by atoms with E-state index in [9.17, 15) is 23.4 Å². The Hall–Kier alpha value is -2.30. The molecule has 0 aliphatic rings. The third-order valence-electron chi connectivity index (χ3n) is 4.25. The summed E-state index contributed by atoms with van der Waals surface area (Å²) in [6.45, 7) is 6.33. The van der Waals surface area contributed by atoms with Crippen molar-refractivity contribution >= 4 is 39.0 Å². The van der Waals surface area contributed by atoms with Gasteiger partial charge in [0.1, 0.15) is 11.5 Å². The van der Waals surface area contributed by atoms with Crippen molar-refractivity contribution < 1.29 is 27.8 Å². The molecule has 1 amide bonds. The number of hydrogen-bond donors (Lipinski definition) is 2. The number of anilines is 2. The molecule has 0 radical (unpaired) electrons. The van der Waals surface area contributed by atoms with Gasteiger partial charge in [0.15, 0.2) is 21.5 Å². The van der Waals surface area contributed by atoms with Crippen molar-refractivity contribution in [3.8, 4) is 0 Å². The molecule has 0 saturated carbocycles. The molecule has 2 aromatic rings. The van der Waals surface area contributed by atoms with Crippen molar-refractivity contribution in [1.29, 1.82) is 0 Å². The van der Waals surface area contributed by atoms with Crippen molar-refractivity contribution in [1.82, 2.24) is 9.97 Å². The molecule has 1 aromatic heterocycles. The average Bonchev–Trinajstić information content (AvgIpc) is 2.56. The third kappa shape index (κ3) is 4.88. The third-order valence-corrected chi connectivity index (χ3v) is 5.71. The molecule has 0 bridgehead atoms. The first kappa shape index (κ1) is 24.0. The van der Waals surface area contributed by atoms with Gasteiger partial charge in [-0.15, -0.1) is 0 Å². The fourth-order valence-corrected chi connectivity index (χ4v) is 4.37. The van der Waals surface area contributed by atoms with Crippen molar-refractivity contribution in [3.05, 3.63) is 40.6 Å². The number of aromatic nitrogens is 2. The van der Waals surface area contributed by atoms with Crippen molar-refractivity contribution in [2.45, 2.75) is 50.5 Å². The molecule has 0 aliphatic heterocycles. The fourth-order valence-electron chi connectivity index (χ4n) is 3.08. The largest absolute Gasteiger partial charge is 0.464 e. The van der Waals surface area contributed by atoms with E-state index >= 15 is 4.39 Å². The van der Waals surface area contributed by atoms with Crippen LogP contribution in [0.2, 0.25) is 5.15 Å². The van der Waals surface area contributed by atoms with Crippen LogP contribution in [0, 0.1) is 5.82 Å². The summed E-state index contributed by atoms with van der Waals surface area (Å²) in [6.07, 6.45) is -0.565. The second-order valence-corrected chi connectivity index (χ2v) is 10.3. The standard InChI is InChI=1S/C19H23ClFN3O5S/c1-10(25)8-11-16(20)22-9-23-17(11)24(18(26)27)12-6-7-13(30(5,28)29)14(15(12)21)19(2,3)4/h6-7,9-10,25H,8H2,1-5H3,(H,26,27). The van der Waals surface area contributed by atoms with Gasteiger partial charge < -0.3 is 10.2 Å². The highest BCUT2D eigenvalue weighted by atomic mass is 35.5. The Morgan fingerprint density at radius 3 is 2.37 bits per heavy atom. The Balaban J connectivity index is 2.87. The maximum Gasteiger partial charge on any atom is 0.417 e. The lowest BCUT2D eigenvalue weighted by Gasteiger charge is -2.28. The van der Waals surface area contributed by atoms with E-state index in [1.54, 1.807) is 20.8 Å². The Bertz CT molecular complexity index is 1080. The van der Waals surface area contributed by atoms with Crippen LogP contribution < -0.4 is 4.90 Å². The number of benzene rings is 1. The van der Waals surface area contributed by atoms with Crippen LogP contribution in [0.3, 0.4) is 0 Å². The van der Waals surface area contributed by atoms with Crippen LogP contribution in [-0.2, 0) is 21.7 Å². The first-order chi connectivity index (χ1) is 13.7. The highest BCUT2D eigenvalue weighted by Gasteiger charge is 2.33. The molecule has 30 heavy (non-hydrogen) atoms. The molecule has 0 spiro atoms. The van der Waals surface area contributed by atoms with Gasteiger partial charge >= 0.3 is 6.09 Å². The number of carboxylic acid groups (broad SMARTS) is 1. The normalized spacial score (nSPS) is 13.2. The van der Waals surface area contributed by atoms with Crippen LogP contribution in [0.4, 0.5) is 20.7 Å². The van der Waals surface area contributed by atoms with Gasteiger partial charge in [-0.2, -0.15) is 0 Å². The van der Waals surface area contributed by atoms with Crippen molar-refractivity contribution in [2.24, 2.45) is 0 Å². The number of carbonyl (C=O) groups is 1. The lowest BCUT2D eigenvalue weighted by molar-refractivity contribution is 0.194. The van der Waals surface area contributed by atoms with Gasteiger partial charge in [0, 0.05) is 23.8 Å². The smallest absolute Gasteiger partial charge is 0.417 e. The van der Waals surface area contributed by atoms with E-state index in [-0.39, 0.29) is 33.4 Å². The van der Waals surface area contributed by atoms with E-state index in [2.05, 4.69) is 9.97 Å². The summed E-state index contributed by atoms with van der Waals surface area (Å²) in [5.41, 5.74) is -1.40. The van der Waals surface area contributed by atoms with Gasteiger partial charge in [0.25, 0.3) is 0 Å². The number of hydrogen-bond acceptors (Lipinski definition) is 6. The molecule has 1 unspecified atom stereocenters. The predicted molar refractivity (Wildman–Crippen MR) is 111 cm³/mol. The average molecular weight is 460 g/mol. The van der Waals surface area contributed by atoms with E-state index in [0.717, 1.165) is 18.6 Å². The maximum atomic E-state index is 15.7. The Morgan fingerprint density at radius 2 is 1.90 bits per heavy atom. The quantitative estimate of drug-likeness (QED) is 0.653. The zero-order chi connectivity index (χ0) is 23.0. The number of rotatable bonds is 5. The van der Waals surface area contributed by atoms with Crippen LogP contribution in [0.1, 0.15) is 38.8 Å². The topological polar surface area (TPSA) is 121 Å². The maximum absolute atomic E-state index is 15.7. The summed E-state index contributed by atoms with van der Waals surface area (Å²) in [7, 11) is -3.78. The van der Waals surface area contributed by atoms with Crippen LogP contribution in [0.15, 0.2) is 23.4 Å². The lowest BCUT2D eigenvalue weighted by Crippen LogP contribution is -2.29. The second-order valence-electron chi connectivity index (χ2n) is 7.93. The minimum Gasteiger partial charge on any atom is -0.464 e. The fraction of sp³-hybridized carbons (Fsp3) is 0.421. The molecule has 1 aromatic carbocycles. The molecule has 164 valence electrons. The minimum absolute atomic E-state index is 0.0754. The number of sulfone groups is 1. The van der Waals surface area contributed by atoms with Gasteiger partial charge in [0.2, 0.25) is 0 Å². The van der Waals surface area contributed by atoms with Gasteiger partial charge in [-0.3, -0.25) is 0 Å². The number of halogens is 2. The Kier molecular flexibility index (Phi) is 6.75. The van der Waals surface area contributed by atoms with E-state index in [4.69, 9.17) is 11.6 Å². The summed E-state index contributed by atoms with van der Waals surface area (Å²) >= 11 is 6.08. The molecule has 11 heteroatoms. The van der Waals surface area contributed by atoms with Gasteiger partial charge in [0.05, 0.1) is 16.7 Å². The summed E-state index contributed by atoms with van der Waals surface area (Å²) in [5.74, 6) is -1.24. The molecule has 0 aliphatic carbocycles. The van der Waals surface area contributed by atoms with Crippen LogP contribution in [-0.4, -0.2) is 47.1 Å². The Morgan fingerprint density at radius 1 is 1.30 bits per heavy atom.